The molecule has 0 N–H and O–H groups in total. The number of carbonyl (C=O) groups is 3. The largest absolute Gasteiger partial charge is 0.462 e. The average Bonchev–Trinajstić information content (AvgIpc) is 2.95. The molecule has 0 radical (unpaired) electrons. The molecule has 1 fully saturated rings. The van der Waals surface area contributed by atoms with E-state index in [-0.39, 0.29) is 23.6 Å². The Balaban J connectivity index is 2.54. The van der Waals surface area contributed by atoms with E-state index in [1.165, 1.54) is 18.0 Å². The molecular formula is C20H20F3N3O5S. The van der Waals surface area contributed by atoms with Crippen LogP contribution in [0.4, 0.5) is 18.9 Å². The quantitative estimate of drug-likeness (QED) is 0.442. The Morgan fingerprint density at radius 3 is 2.12 bits per heavy atom. The highest BCUT2D eigenvalue weighted by Gasteiger charge is 2.56. The Kier molecular flexibility index (Phi) is 7.46. The minimum atomic E-state index is -4.85. The van der Waals surface area contributed by atoms with Gasteiger partial charge in [0.15, 0.2) is 10.7 Å². The summed E-state index contributed by atoms with van der Waals surface area (Å²) in [6, 6.07) is 4.19. The number of hydrogen-bond donors (Lipinski definition) is 0. The van der Waals surface area contributed by atoms with Crippen LogP contribution in [0.5, 0.6) is 0 Å². The fourth-order valence-electron chi connectivity index (χ4n) is 2.97. The maximum Gasteiger partial charge on any atom is 0.417 e. The topological polar surface area (TPSA) is 99.9 Å². The van der Waals surface area contributed by atoms with Gasteiger partial charge >= 0.3 is 18.1 Å². The minimum absolute atomic E-state index is 0.0153. The van der Waals surface area contributed by atoms with Crippen LogP contribution in [0, 0.1) is 11.3 Å². The average molecular weight is 471 g/mol. The monoisotopic (exact) mass is 471 g/mol. The van der Waals surface area contributed by atoms with Crippen molar-refractivity contribution in [1.82, 2.24) is 4.90 Å². The van der Waals surface area contributed by atoms with Crippen molar-refractivity contribution in [1.29, 1.82) is 5.26 Å². The number of esters is 2. The Hall–Kier alpha value is -3.20. The SMILES string of the molecule is CCC(=O)OCC1(COC(=O)CC)C(=O)N(c2ccc(C#N)c(C(F)(F)F)c2)C(=S)N1C. The first-order valence-corrected chi connectivity index (χ1v) is 9.88. The van der Waals surface area contributed by atoms with Gasteiger partial charge < -0.3 is 14.4 Å². The summed E-state index contributed by atoms with van der Waals surface area (Å²) in [6.07, 6.45) is -4.81. The van der Waals surface area contributed by atoms with Crippen LogP contribution < -0.4 is 4.90 Å². The maximum atomic E-state index is 13.4. The zero-order chi connectivity index (χ0) is 24.3. The number of rotatable bonds is 7. The fourth-order valence-corrected chi connectivity index (χ4v) is 3.33. The maximum absolute atomic E-state index is 13.4. The van der Waals surface area contributed by atoms with E-state index in [1.54, 1.807) is 13.8 Å². The van der Waals surface area contributed by atoms with Crippen LogP contribution in [0.2, 0.25) is 0 Å². The lowest BCUT2D eigenvalue weighted by molar-refractivity contribution is -0.155. The molecule has 1 amide bonds. The molecule has 172 valence electrons. The molecule has 1 aromatic rings. The second kappa shape index (κ2) is 9.52. The summed E-state index contributed by atoms with van der Waals surface area (Å²) < 4.78 is 50.5. The molecule has 1 aliphatic rings. The predicted molar refractivity (Wildman–Crippen MR) is 109 cm³/mol. The lowest BCUT2D eigenvalue weighted by atomic mass is 10.00. The van der Waals surface area contributed by atoms with Gasteiger partial charge in [0.2, 0.25) is 0 Å². The summed E-state index contributed by atoms with van der Waals surface area (Å²) in [7, 11) is 1.38. The molecular weight excluding hydrogens is 451 g/mol. The molecule has 0 atom stereocenters. The third kappa shape index (κ3) is 4.67. The number of nitriles is 1. The standard InChI is InChI=1S/C20H20F3N3O5S/c1-4-15(27)30-10-19(11-31-16(28)5-2)17(29)26(18(32)25(19)3)13-7-6-12(9-24)14(8-13)20(21,22)23/h6-8H,4-5,10-11H2,1-3H3. The highest BCUT2D eigenvalue weighted by molar-refractivity contribution is 7.80. The molecule has 32 heavy (non-hydrogen) atoms. The number of likely N-dealkylation sites (N-methyl/N-ethyl adjacent to an activating group) is 1. The summed E-state index contributed by atoms with van der Waals surface area (Å²) in [5, 5.41) is 8.81. The van der Waals surface area contributed by atoms with Crippen molar-refractivity contribution in [2.24, 2.45) is 0 Å². The van der Waals surface area contributed by atoms with Gasteiger partial charge in [-0.05, 0) is 30.4 Å². The van der Waals surface area contributed by atoms with E-state index in [4.69, 9.17) is 27.0 Å². The van der Waals surface area contributed by atoms with E-state index in [0.717, 1.165) is 17.0 Å². The molecule has 2 rings (SSSR count). The Morgan fingerprint density at radius 2 is 1.69 bits per heavy atom. The summed E-state index contributed by atoms with van der Waals surface area (Å²) in [4.78, 5) is 38.9. The van der Waals surface area contributed by atoms with E-state index in [1.807, 2.05) is 0 Å². The molecule has 8 nitrogen and oxygen atoms in total. The van der Waals surface area contributed by atoms with Crippen LogP contribution >= 0.6 is 12.2 Å². The number of amides is 1. The Labute approximate surface area is 187 Å². The molecule has 0 spiro atoms. The number of hydrogen-bond acceptors (Lipinski definition) is 7. The molecule has 1 saturated heterocycles. The molecule has 0 bridgehead atoms. The van der Waals surface area contributed by atoms with Gasteiger partial charge in [0.05, 0.1) is 22.9 Å². The van der Waals surface area contributed by atoms with Crippen molar-refractivity contribution < 1.29 is 37.0 Å². The van der Waals surface area contributed by atoms with E-state index >= 15 is 0 Å². The smallest absolute Gasteiger partial charge is 0.417 e. The number of nitrogens with zero attached hydrogens (tertiary/aromatic N) is 3. The number of thiocarbonyl (C=S) groups is 1. The van der Waals surface area contributed by atoms with Crippen molar-refractivity contribution >= 4 is 40.9 Å². The van der Waals surface area contributed by atoms with E-state index < -0.39 is 53.9 Å². The number of anilines is 1. The molecule has 12 heteroatoms. The molecule has 0 unspecified atom stereocenters. The van der Waals surface area contributed by atoms with Crippen LogP contribution in [0.3, 0.4) is 0 Å². The van der Waals surface area contributed by atoms with Crippen molar-refractivity contribution in [3.63, 3.8) is 0 Å². The fraction of sp³-hybridized carbons (Fsp3) is 0.450. The van der Waals surface area contributed by atoms with Gasteiger partial charge in [0, 0.05) is 19.9 Å². The van der Waals surface area contributed by atoms with Gasteiger partial charge in [0.25, 0.3) is 5.91 Å². The number of halogens is 3. The molecule has 0 saturated carbocycles. The van der Waals surface area contributed by atoms with Crippen molar-refractivity contribution in [2.45, 2.75) is 38.4 Å². The zero-order valence-electron chi connectivity index (χ0n) is 17.5. The third-order valence-electron chi connectivity index (χ3n) is 4.93. The molecule has 1 aromatic carbocycles. The highest BCUT2D eigenvalue weighted by Crippen LogP contribution is 2.38. The third-order valence-corrected chi connectivity index (χ3v) is 5.39. The summed E-state index contributed by atoms with van der Waals surface area (Å²) >= 11 is 5.29. The molecule has 1 aliphatic heterocycles. The summed E-state index contributed by atoms with van der Waals surface area (Å²) in [6.45, 7) is 2.01. The van der Waals surface area contributed by atoms with Gasteiger partial charge in [-0.3, -0.25) is 19.3 Å². The first-order valence-electron chi connectivity index (χ1n) is 9.47. The molecule has 0 aromatic heterocycles. The normalized spacial score (nSPS) is 15.5. The van der Waals surface area contributed by atoms with Crippen LogP contribution in [-0.2, 0) is 30.0 Å². The number of benzene rings is 1. The summed E-state index contributed by atoms with van der Waals surface area (Å²) in [5.74, 6) is -2.10. The van der Waals surface area contributed by atoms with Crippen LogP contribution in [-0.4, -0.2) is 53.7 Å². The predicted octanol–water partition coefficient (Wildman–Crippen LogP) is 2.79. The number of alkyl halides is 3. The highest BCUT2D eigenvalue weighted by atomic mass is 32.1. The van der Waals surface area contributed by atoms with Crippen molar-refractivity contribution in [3.8, 4) is 6.07 Å². The summed E-state index contributed by atoms with van der Waals surface area (Å²) in [5.41, 5.74) is -3.85. The lowest BCUT2D eigenvalue weighted by Crippen LogP contribution is -2.56. The molecule has 0 aliphatic carbocycles. The van der Waals surface area contributed by atoms with Gasteiger partial charge in [-0.15, -0.1) is 0 Å². The van der Waals surface area contributed by atoms with Gasteiger partial charge in [-0.1, -0.05) is 13.8 Å². The van der Waals surface area contributed by atoms with Gasteiger partial charge in [-0.25, -0.2) is 0 Å². The molecule has 1 heterocycles. The van der Waals surface area contributed by atoms with E-state index in [0.29, 0.717) is 6.07 Å². The first-order chi connectivity index (χ1) is 14.9. The van der Waals surface area contributed by atoms with Gasteiger partial charge in [-0.2, -0.15) is 18.4 Å². The van der Waals surface area contributed by atoms with Crippen LogP contribution in [0.1, 0.15) is 37.8 Å². The van der Waals surface area contributed by atoms with Crippen molar-refractivity contribution in [3.05, 3.63) is 29.3 Å². The van der Waals surface area contributed by atoms with Crippen LogP contribution in [0.25, 0.3) is 0 Å². The lowest BCUT2D eigenvalue weighted by Gasteiger charge is -2.32. The second-order valence-corrected chi connectivity index (χ2v) is 7.25. The second-order valence-electron chi connectivity index (χ2n) is 6.88. The van der Waals surface area contributed by atoms with Gasteiger partial charge in [0.1, 0.15) is 13.2 Å². The number of ether oxygens (including phenoxy) is 2. The van der Waals surface area contributed by atoms with E-state index in [2.05, 4.69) is 0 Å². The Bertz CT molecular complexity index is 970. The van der Waals surface area contributed by atoms with Crippen LogP contribution in [0.15, 0.2) is 18.2 Å². The Morgan fingerprint density at radius 1 is 1.16 bits per heavy atom. The first kappa shape index (κ1) is 25.1. The zero-order valence-corrected chi connectivity index (χ0v) is 18.3. The minimum Gasteiger partial charge on any atom is -0.462 e. The van der Waals surface area contributed by atoms with Crippen molar-refractivity contribution in [2.75, 3.05) is 25.2 Å². The number of carbonyl (C=O) groups excluding carboxylic acids is 3. The van der Waals surface area contributed by atoms with E-state index in [9.17, 15) is 27.6 Å².